The van der Waals surface area contributed by atoms with Gasteiger partial charge in [-0.1, -0.05) is 19.4 Å². The number of rotatable bonds is 4. The van der Waals surface area contributed by atoms with Crippen molar-refractivity contribution >= 4 is 5.82 Å². The molecule has 0 fully saturated rings. The summed E-state index contributed by atoms with van der Waals surface area (Å²) in [7, 11) is 1.70. The molecule has 3 nitrogen and oxygen atoms in total. The van der Waals surface area contributed by atoms with E-state index < -0.39 is 0 Å². The van der Waals surface area contributed by atoms with E-state index in [-0.39, 0.29) is 6.10 Å². The molecule has 1 aromatic heterocycles. The first-order valence-corrected chi connectivity index (χ1v) is 4.53. The van der Waals surface area contributed by atoms with E-state index in [0.29, 0.717) is 5.82 Å². The predicted octanol–water partition coefficient (Wildman–Crippen LogP) is 2.15. The first kappa shape index (κ1) is 9.99. The van der Waals surface area contributed by atoms with Gasteiger partial charge in [-0.15, -0.1) is 0 Å². The van der Waals surface area contributed by atoms with Crippen molar-refractivity contribution in [2.45, 2.75) is 25.9 Å². The maximum absolute atomic E-state index is 5.58. The molecule has 72 valence electrons. The van der Waals surface area contributed by atoms with Crippen LogP contribution in [0.3, 0.4) is 0 Å². The molecule has 0 aliphatic carbocycles. The molecule has 0 spiro atoms. The number of pyridine rings is 1. The highest BCUT2D eigenvalue weighted by atomic mass is 16.5. The smallest absolute Gasteiger partial charge is 0.123 e. The maximum atomic E-state index is 5.58. The lowest BCUT2D eigenvalue weighted by atomic mass is 10.1. The summed E-state index contributed by atoms with van der Waals surface area (Å²) in [6, 6.07) is 5.63. The summed E-state index contributed by atoms with van der Waals surface area (Å²) in [5.74, 6) is 0.552. The van der Waals surface area contributed by atoms with Gasteiger partial charge in [-0.05, 0) is 18.6 Å². The number of aromatic nitrogens is 1. The van der Waals surface area contributed by atoms with Gasteiger partial charge in [-0.3, -0.25) is 0 Å². The Morgan fingerprint density at radius 3 is 2.85 bits per heavy atom. The summed E-state index contributed by atoms with van der Waals surface area (Å²) in [5, 5.41) is 0. The Kier molecular flexibility index (Phi) is 3.71. The summed E-state index contributed by atoms with van der Waals surface area (Å²) < 4.78 is 5.31. The fourth-order valence-electron chi connectivity index (χ4n) is 1.30. The number of methoxy groups -OCH3 is 1. The zero-order valence-corrected chi connectivity index (χ0v) is 8.16. The van der Waals surface area contributed by atoms with E-state index >= 15 is 0 Å². The Balaban J connectivity index is 2.78. The summed E-state index contributed by atoms with van der Waals surface area (Å²) in [5.41, 5.74) is 6.50. The van der Waals surface area contributed by atoms with Crippen LogP contribution in [0.1, 0.15) is 31.6 Å². The van der Waals surface area contributed by atoms with E-state index in [1.54, 1.807) is 13.2 Å². The van der Waals surface area contributed by atoms with Crippen molar-refractivity contribution in [1.29, 1.82) is 0 Å². The highest BCUT2D eigenvalue weighted by Gasteiger charge is 2.10. The minimum Gasteiger partial charge on any atom is -0.384 e. The molecule has 0 aromatic carbocycles. The van der Waals surface area contributed by atoms with E-state index in [9.17, 15) is 0 Å². The minimum absolute atomic E-state index is 0.0773. The quantitative estimate of drug-likeness (QED) is 0.772. The molecule has 1 atom stereocenters. The number of hydrogen-bond donors (Lipinski definition) is 1. The fourth-order valence-corrected chi connectivity index (χ4v) is 1.30. The van der Waals surface area contributed by atoms with Gasteiger partial charge in [-0.2, -0.15) is 0 Å². The maximum Gasteiger partial charge on any atom is 0.123 e. The molecule has 13 heavy (non-hydrogen) atoms. The van der Waals surface area contributed by atoms with Crippen molar-refractivity contribution in [3.05, 3.63) is 23.9 Å². The van der Waals surface area contributed by atoms with Crippen LogP contribution in [0.4, 0.5) is 5.82 Å². The Hall–Kier alpha value is -1.09. The molecule has 0 saturated carbocycles. The number of hydrogen-bond acceptors (Lipinski definition) is 3. The van der Waals surface area contributed by atoms with Crippen molar-refractivity contribution in [3.8, 4) is 0 Å². The molecule has 0 aliphatic heterocycles. The average Bonchev–Trinajstić information content (AvgIpc) is 2.14. The van der Waals surface area contributed by atoms with Gasteiger partial charge >= 0.3 is 0 Å². The number of nitrogen functional groups attached to an aromatic ring is 1. The van der Waals surface area contributed by atoms with Crippen molar-refractivity contribution in [3.63, 3.8) is 0 Å². The zero-order chi connectivity index (χ0) is 9.68. The van der Waals surface area contributed by atoms with Gasteiger partial charge in [0, 0.05) is 7.11 Å². The molecule has 0 aliphatic rings. The van der Waals surface area contributed by atoms with E-state index in [1.165, 1.54) is 0 Å². The number of nitrogens with zero attached hydrogens (tertiary/aromatic N) is 1. The lowest BCUT2D eigenvalue weighted by Crippen LogP contribution is -2.04. The van der Waals surface area contributed by atoms with Crippen LogP contribution < -0.4 is 5.73 Å². The highest BCUT2D eigenvalue weighted by molar-refractivity contribution is 5.29. The van der Waals surface area contributed by atoms with Gasteiger partial charge in [0.25, 0.3) is 0 Å². The topological polar surface area (TPSA) is 48.1 Å². The average molecular weight is 180 g/mol. The first-order valence-electron chi connectivity index (χ1n) is 4.53. The number of nitrogens with two attached hydrogens (primary N) is 1. The van der Waals surface area contributed by atoms with Crippen LogP contribution in [0.15, 0.2) is 18.2 Å². The number of anilines is 1. The van der Waals surface area contributed by atoms with Crippen LogP contribution >= 0.6 is 0 Å². The standard InChI is InChI=1S/C10H16N2O/c1-3-5-9(13-2)8-6-4-7-10(11)12-8/h4,6-7,9H,3,5H2,1-2H3,(H2,11,12). The second-order valence-electron chi connectivity index (χ2n) is 3.00. The summed E-state index contributed by atoms with van der Waals surface area (Å²) in [4.78, 5) is 4.22. The monoisotopic (exact) mass is 180 g/mol. The third kappa shape index (κ3) is 2.70. The van der Waals surface area contributed by atoms with Gasteiger partial charge in [0.2, 0.25) is 0 Å². The Labute approximate surface area is 78.9 Å². The van der Waals surface area contributed by atoms with Crippen molar-refractivity contribution in [2.24, 2.45) is 0 Å². The fraction of sp³-hybridized carbons (Fsp3) is 0.500. The van der Waals surface area contributed by atoms with E-state index in [4.69, 9.17) is 10.5 Å². The SMILES string of the molecule is CCCC(OC)c1cccc(N)n1. The molecular weight excluding hydrogens is 164 g/mol. The molecule has 1 unspecified atom stereocenters. The molecule has 0 bridgehead atoms. The third-order valence-electron chi connectivity index (χ3n) is 1.96. The second-order valence-corrected chi connectivity index (χ2v) is 3.00. The molecule has 2 N–H and O–H groups in total. The largest absolute Gasteiger partial charge is 0.384 e. The Bertz CT molecular complexity index is 263. The van der Waals surface area contributed by atoms with Crippen LogP contribution in [0.5, 0.6) is 0 Å². The van der Waals surface area contributed by atoms with E-state index in [0.717, 1.165) is 18.5 Å². The van der Waals surface area contributed by atoms with E-state index in [1.807, 2.05) is 12.1 Å². The van der Waals surface area contributed by atoms with Crippen LogP contribution in [0, 0.1) is 0 Å². The molecule has 0 saturated heterocycles. The van der Waals surface area contributed by atoms with E-state index in [2.05, 4.69) is 11.9 Å². The molecule has 1 aromatic rings. The van der Waals surface area contributed by atoms with Gasteiger partial charge in [0.05, 0.1) is 11.8 Å². The highest BCUT2D eigenvalue weighted by Crippen LogP contribution is 2.20. The van der Waals surface area contributed by atoms with Gasteiger partial charge in [0.1, 0.15) is 5.82 Å². The molecule has 3 heteroatoms. The zero-order valence-electron chi connectivity index (χ0n) is 8.16. The van der Waals surface area contributed by atoms with Gasteiger partial charge < -0.3 is 10.5 Å². The molecule has 1 rings (SSSR count). The van der Waals surface area contributed by atoms with Crippen LogP contribution in [-0.4, -0.2) is 12.1 Å². The summed E-state index contributed by atoms with van der Waals surface area (Å²) >= 11 is 0. The summed E-state index contributed by atoms with van der Waals surface area (Å²) in [6.45, 7) is 2.12. The van der Waals surface area contributed by atoms with Crippen molar-refractivity contribution in [1.82, 2.24) is 4.98 Å². The molecule has 1 heterocycles. The van der Waals surface area contributed by atoms with Crippen LogP contribution in [0.25, 0.3) is 0 Å². The second kappa shape index (κ2) is 4.82. The minimum atomic E-state index is 0.0773. The van der Waals surface area contributed by atoms with Gasteiger partial charge in [0.15, 0.2) is 0 Å². The normalized spacial score (nSPS) is 12.8. The van der Waals surface area contributed by atoms with Crippen LogP contribution in [-0.2, 0) is 4.74 Å². The first-order chi connectivity index (χ1) is 6.27. The lowest BCUT2D eigenvalue weighted by molar-refractivity contribution is 0.0916. The van der Waals surface area contributed by atoms with Crippen molar-refractivity contribution < 1.29 is 4.74 Å². The third-order valence-corrected chi connectivity index (χ3v) is 1.96. The summed E-state index contributed by atoms with van der Waals surface area (Å²) in [6.07, 6.45) is 2.13. The van der Waals surface area contributed by atoms with Gasteiger partial charge in [-0.25, -0.2) is 4.98 Å². The van der Waals surface area contributed by atoms with Crippen LogP contribution in [0.2, 0.25) is 0 Å². The molecular formula is C10H16N2O. The Morgan fingerprint density at radius 1 is 1.54 bits per heavy atom. The van der Waals surface area contributed by atoms with Crippen molar-refractivity contribution in [2.75, 3.05) is 12.8 Å². The Morgan fingerprint density at radius 2 is 2.31 bits per heavy atom. The molecule has 0 amide bonds. The number of ether oxygens (including phenoxy) is 1. The lowest BCUT2D eigenvalue weighted by Gasteiger charge is -2.13. The predicted molar refractivity (Wildman–Crippen MR) is 53.3 cm³/mol. The molecule has 0 radical (unpaired) electrons.